The minimum atomic E-state index is -0.0435. The highest BCUT2D eigenvalue weighted by molar-refractivity contribution is 5.19. The summed E-state index contributed by atoms with van der Waals surface area (Å²) in [6.45, 7) is 38.4. The van der Waals surface area contributed by atoms with Gasteiger partial charge in [-0.1, -0.05) is 153 Å². The van der Waals surface area contributed by atoms with E-state index in [0.29, 0.717) is 0 Å². The molecule has 0 aliphatic heterocycles. The molecule has 0 saturated carbocycles. The lowest BCUT2D eigenvalue weighted by atomic mass is 9.88. The third kappa shape index (κ3) is 21.2. The van der Waals surface area contributed by atoms with Gasteiger partial charge in [0.1, 0.15) is 12.5 Å². The molecule has 6 rings (SSSR count). The van der Waals surface area contributed by atoms with Crippen LogP contribution in [0.1, 0.15) is 158 Å². The summed E-state index contributed by atoms with van der Waals surface area (Å²) in [4.78, 5) is 28.7. The summed E-state index contributed by atoms with van der Waals surface area (Å²) in [5.41, 5.74) is 7.84. The zero-order chi connectivity index (χ0) is 47.0. The van der Waals surface area contributed by atoms with E-state index >= 15 is 0 Å². The number of hydrogen-bond donors (Lipinski definition) is 1. The van der Waals surface area contributed by atoms with Crippen LogP contribution in [-0.4, -0.2) is 34.6 Å². The first-order valence-corrected chi connectivity index (χ1v) is 20.8. The predicted octanol–water partition coefficient (Wildman–Crippen LogP) is 11.4. The van der Waals surface area contributed by atoms with Gasteiger partial charge in [-0.3, -0.25) is 19.3 Å². The highest BCUT2D eigenvalue weighted by atomic mass is 16.5. The van der Waals surface area contributed by atoms with E-state index in [1.165, 1.54) is 11.1 Å². The van der Waals surface area contributed by atoms with Crippen molar-refractivity contribution in [1.29, 1.82) is 0 Å². The van der Waals surface area contributed by atoms with E-state index in [1.54, 1.807) is 48.7 Å². The number of hydrogen-bond acceptors (Lipinski definition) is 8. The van der Waals surface area contributed by atoms with Gasteiger partial charge in [0.05, 0.1) is 18.1 Å². The highest BCUT2D eigenvalue weighted by Crippen LogP contribution is 2.23. The van der Waals surface area contributed by atoms with Gasteiger partial charge in [-0.05, 0) is 50.5 Å². The Bertz CT molecular complexity index is 2140. The average molecular weight is 840 g/mol. The van der Waals surface area contributed by atoms with E-state index in [1.807, 2.05) is 60.7 Å². The molecule has 11 nitrogen and oxygen atoms in total. The zero-order valence-corrected chi connectivity index (χ0v) is 41.1. The number of nitrogens with zero attached hydrogens (tertiary/aromatic N) is 6. The molecule has 0 aromatic carbocycles. The van der Waals surface area contributed by atoms with Crippen molar-refractivity contribution in [1.82, 2.24) is 34.6 Å². The second-order valence-corrected chi connectivity index (χ2v) is 21.2. The van der Waals surface area contributed by atoms with Gasteiger partial charge in [0.2, 0.25) is 11.1 Å². The van der Waals surface area contributed by atoms with Crippen LogP contribution in [0.15, 0.2) is 117 Å². The molecule has 336 valence electrons. The van der Waals surface area contributed by atoms with Gasteiger partial charge in [0.25, 0.3) is 0 Å². The lowest BCUT2D eigenvalue weighted by molar-refractivity contribution is 0.393. The predicted molar refractivity (Wildman–Crippen MR) is 251 cm³/mol. The fraction of sp³-hybridized carbons (Fsp3) is 0.520. The normalized spacial score (nSPS) is 11.7. The average Bonchev–Trinajstić information content (AvgIpc) is 3.94. The second kappa shape index (κ2) is 22.5. The maximum Gasteiger partial charge on any atom is 0.250 e. The highest BCUT2D eigenvalue weighted by Gasteiger charge is 2.18. The summed E-state index contributed by atoms with van der Waals surface area (Å²) in [5, 5.41) is 11.5. The van der Waals surface area contributed by atoms with Crippen LogP contribution in [0.5, 0.6) is 0 Å². The Morgan fingerprint density at radius 3 is 1.39 bits per heavy atom. The molecule has 0 amide bonds. The topological polar surface area (TPSA) is 138 Å². The zero-order valence-electron chi connectivity index (χ0n) is 41.1. The fourth-order valence-corrected chi connectivity index (χ4v) is 4.70. The van der Waals surface area contributed by atoms with Gasteiger partial charge >= 0.3 is 0 Å². The maximum absolute atomic E-state index is 11.1. The van der Waals surface area contributed by atoms with Crippen LogP contribution in [-0.2, 0) is 46.6 Å². The van der Waals surface area contributed by atoms with E-state index in [0.717, 1.165) is 22.5 Å². The van der Waals surface area contributed by atoms with Crippen molar-refractivity contribution in [3.05, 3.63) is 153 Å². The number of aromatic amines is 1. The van der Waals surface area contributed by atoms with Crippen molar-refractivity contribution in [2.24, 2.45) is 14.1 Å². The van der Waals surface area contributed by atoms with Crippen LogP contribution < -0.4 is 11.1 Å². The molecule has 0 bridgehead atoms. The first kappa shape index (κ1) is 53.7. The fourth-order valence-electron chi connectivity index (χ4n) is 4.70. The van der Waals surface area contributed by atoms with Crippen molar-refractivity contribution in [2.45, 2.75) is 157 Å². The minimum absolute atomic E-state index is 0.0435. The molecule has 0 saturated heterocycles. The molecule has 6 aromatic heterocycles. The summed E-state index contributed by atoms with van der Waals surface area (Å²) in [7, 11) is 3.72. The number of rotatable bonds is 0. The van der Waals surface area contributed by atoms with E-state index in [2.05, 4.69) is 162 Å². The molecule has 1 N–H and O–H groups in total. The first-order chi connectivity index (χ1) is 27.7. The molecule has 0 unspecified atom stereocenters. The summed E-state index contributed by atoms with van der Waals surface area (Å²) in [5.74, 6) is 0. The van der Waals surface area contributed by atoms with Gasteiger partial charge in [0.15, 0.2) is 0 Å². The molecule has 6 aromatic rings. The van der Waals surface area contributed by atoms with E-state index in [9.17, 15) is 9.59 Å². The maximum atomic E-state index is 11.1. The van der Waals surface area contributed by atoms with Crippen LogP contribution >= 0.6 is 0 Å². The molecule has 11 heteroatoms. The minimum Gasteiger partial charge on any atom is -0.364 e. The summed E-state index contributed by atoms with van der Waals surface area (Å²) >= 11 is 0. The number of aryl methyl sites for hydroxylation is 2. The quantitative estimate of drug-likeness (QED) is 0.160. The summed E-state index contributed by atoms with van der Waals surface area (Å²) in [6.07, 6.45) is 14.5. The Hall–Kier alpha value is -5.32. The van der Waals surface area contributed by atoms with Crippen LogP contribution in [0.2, 0.25) is 0 Å². The molecule has 0 atom stereocenters. The van der Waals surface area contributed by atoms with Crippen LogP contribution in [0.4, 0.5) is 0 Å². The molecular formula is C50H77N7O4. The Balaban J connectivity index is 0.000000367. The lowest BCUT2D eigenvalue weighted by Crippen LogP contribution is -2.19. The summed E-state index contributed by atoms with van der Waals surface area (Å²) in [6, 6.07) is 14.8. The van der Waals surface area contributed by atoms with E-state index in [4.69, 9.17) is 9.05 Å². The molecule has 61 heavy (non-hydrogen) atoms. The van der Waals surface area contributed by atoms with Gasteiger partial charge in [-0.2, -0.15) is 5.10 Å². The van der Waals surface area contributed by atoms with Crippen molar-refractivity contribution in [2.75, 3.05) is 0 Å². The molecule has 6 heterocycles. The van der Waals surface area contributed by atoms with Crippen LogP contribution in [0.3, 0.4) is 0 Å². The van der Waals surface area contributed by atoms with Gasteiger partial charge < -0.3 is 18.6 Å². The summed E-state index contributed by atoms with van der Waals surface area (Å²) < 4.78 is 12.8. The van der Waals surface area contributed by atoms with E-state index in [-0.39, 0.29) is 43.6 Å². The van der Waals surface area contributed by atoms with Crippen molar-refractivity contribution in [3.8, 4) is 0 Å². The largest absolute Gasteiger partial charge is 0.364 e. The number of pyridine rings is 3. The Morgan fingerprint density at radius 1 is 0.541 bits per heavy atom. The van der Waals surface area contributed by atoms with Crippen molar-refractivity contribution >= 4 is 0 Å². The molecule has 0 fully saturated rings. The molecule has 0 spiro atoms. The molecule has 0 radical (unpaired) electrons. The van der Waals surface area contributed by atoms with Crippen LogP contribution in [0, 0.1) is 0 Å². The third-order valence-electron chi connectivity index (χ3n) is 9.11. The lowest BCUT2D eigenvalue weighted by Gasteiger charge is -2.19. The molecule has 0 aliphatic carbocycles. The molecular weight excluding hydrogens is 763 g/mol. The Kier molecular flexibility index (Phi) is 19.8. The Morgan fingerprint density at radius 2 is 1.10 bits per heavy atom. The second-order valence-electron chi connectivity index (χ2n) is 21.2. The van der Waals surface area contributed by atoms with E-state index < -0.39 is 0 Å². The number of aromatic nitrogens is 7. The van der Waals surface area contributed by atoms with Crippen molar-refractivity contribution in [3.63, 3.8) is 0 Å². The standard InChI is InChI=1S/C10H15NO.C9H13NO.C9H13N.C8H14N2.2C7H11NO/c1-10(2,3)8-5-6-9(12)11(4)7-8;1-9(2,3)7-4-5-8(11)10-6-7;1-9(2,3)8-6-4-5-7-10-8;1-8(2,3)7-5-9-10(4)6-7;1-7(2,3)6-4-8-9-5-6;1-7(2,3)6-4-5-9-8-6/h5-7H,1-4H3;4-6H,1-3H3,(H,10,11);4-7H,1-3H3;5-6H,1-4H3;2*4-5H,1-3H3. The number of H-pyrrole nitrogens is 1. The van der Waals surface area contributed by atoms with Crippen LogP contribution in [0.25, 0.3) is 0 Å². The third-order valence-corrected chi connectivity index (χ3v) is 9.11. The smallest absolute Gasteiger partial charge is 0.250 e. The van der Waals surface area contributed by atoms with Gasteiger partial charge in [0, 0.05) is 79.2 Å². The first-order valence-electron chi connectivity index (χ1n) is 20.8. The number of nitrogens with one attached hydrogen (secondary N) is 1. The van der Waals surface area contributed by atoms with Gasteiger partial charge in [-0.25, -0.2) is 0 Å². The van der Waals surface area contributed by atoms with Crippen molar-refractivity contribution < 1.29 is 9.05 Å². The SMILES string of the molecule is CC(C)(C)c1ccc(=O)[nH]c1.CC(C)(C)c1ccccn1.CC(C)(C)c1ccon1.CC(C)(C)c1cnoc1.Cn1cc(C(C)(C)C)ccc1=O.Cn1cc(C(C)(C)C)cn1. The molecule has 0 aliphatic rings. The monoisotopic (exact) mass is 840 g/mol. The Labute approximate surface area is 366 Å². The van der Waals surface area contributed by atoms with Gasteiger partial charge in [-0.15, -0.1) is 0 Å².